The van der Waals surface area contributed by atoms with Crippen LogP contribution in [0.15, 0.2) is 0 Å². The van der Waals surface area contributed by atoms with Crippen molar-refractivity contribution in [2.75, 3.05) is 0 Å². The van der Waals surface area contributed by atoms with Crippen molar-refractivity contribution in [3.8, 4) is 0 Å². The quantitative estimate of drug-likeness (QED) is 0.467. The van der Waals surface area contributed by atoms with Crippen LogP contribution in [-0.2, 0) is 0 Å². The second-order valence-corrected chi connectivity index (χ2v) is 4.53. The SMILES string of the molecule is C[C+]1CC(C)C(C)C(C)C1C. The van der Waals surface area contributed by atoms with Crippen molar-refractivity contribution in [1.29, 1.82) is 0 Å². The minimum absolute atomic E-state index is 0.848. The molecule has 0 aromatic rings. The van der Waals surface area contributed by atoms with Crippen LogP contribution in [0.25, 0.3) is 0 Å². The van der Waals surface area contributed by atoms with Crippen LogP contribution >= 0.6 is 0 Å². The average molecular weight is 153 g/mol. The highest BCUT2D eigenvalue weighted by molar-refractivity contribution is 4.99. The summed E-state index contributed by atoms with van der Waals surface area (Å²) in [5.74, 6) is 5.26. The van der Waals surface area contributed by atoms with Gasteiger partial charge in [-0.2, -0.15) is 0 Å². The molecule has 0 nitrogen and oxygen atoms in total. The molecule has 0 heteroatoms. The first-order valence-corrected chi connectivity index (χ1v) is 4.86. The Kier molecular flexibility index (Phi) is 2.51. The Morgan fingerprint density at radius 2 is 1.55 bits per heavy atom. The lowest BCUT2D eigenvalue weighted by atomic mass is 9.65. The highest BCUT2D eigenvalue weighted by Gasteiger charge is 2.40. The average Bonchev–Trinajstić information content (AvgIpc) is 1.97. The number of hydrogen-bond acceptors (Lipinski definition) is 0. The van der Waals surface area contributed by atoms with Crippen molar-refractivity contribution >= 4 is 0 Å². The number of rotatable bonds is 0. The zero-order chi connectivity index (χ0) is 8.59. The summed E-state index contributed by atoms with van der Waals surface area (Å²) in [6.07, 6.45) is 1.35. The van der Waals surface area contributed by atoms with Gasteiger partial charge in [0.15, 0.2) is 0 Å². The fourth-order valence-corrected chi connectivity index (χ4v) is 2.30. The van der Waals surface area contributed by atoms with Gasteiger partial charge in [0.05, 0.1) is 25.2 Å². The van der Waals surface area contributed by atoms with Crippen molar-refractivity contribution < 1.29 is 0 Å². The van der Waals surface area contributed by atoms with E-state index in [1.807, 2.05) is 0 Å². The third-order valence-electron chi connectivity index (χ3n) is 3.94. The maximum absolute atomic E-state index is 2.40. The fourth-order valence-electron chi connectivity index (χ4n) is 2.30. The van der Waals surface area contributed by atoms with Gasteiger partial charge in [0, 0.05) is 5.92 Å². The predicted octanol–water partition coefficient (Wildman–Crippen LogP) is 3.53. The van der Waals surface area contributed by atoms with E-state index in [1.165, 1.54) is 6.42 Å². The van der Waals surface area contributed by atoms with Crippen LogP contribution < -0.4 is 0 Å². The Morgan fingerprint density at radius 1 is 1.00 bits per heavy atom. The smallest absolute Gasteiger partial charge is 0.0617 e. The van der Waals surface area contributed by atoms with Gasteiger partial charge in [-0.1, -0.05) is 20.8 Å². The van der Waals surface area contributed by atoms with E-state index < -0.39 is 0 Å². The lowest BCUT2D eigenvalue weighted by molar-refractivity contribution is 0.159. The molecule has 0 radical (unpaired) electrons. The molecule has 0 spiro atoms. The van der Waals surface area contributed by atoms with Gasteiger partial charge in [-0.3, -0.25) is 0 Å². The third kappa shape index (κ3) is 1.55. The molecule has 0 N–H and O–H groups in total. The molecule has 4 unspecified atom stereocenters. The summed E-state index contributed by atoms with van der Waals surface area (Å²) in [4.78, 5) is 0. The van der Waals surface area contributed by atoms with E-state index in [9.17, 15) is 0 Å². The Bertz CT molecular complexity index is 114. The van der Waals surface area contributed by atoms with Crippen molar-refractivity contribution in [3.05, 3.63) is 5.92 Å². The molecule has 0 aromatic carbocycles. The summed E-state index contributed by atoms with van der Waals surface area (Å²) in [5.41, 5.74) is 0. The van der Waals surface area contributed by atoms with Gasteiger partial charge in [-0.25, -0.2) is 0 Å². The zero-order valence-electron chi connectivity index (χ0n) is 8.52. The van der Waals surface area contributed by atoms with E-state index in [2.05, 4.69) is 34.6 Å². The van der Waals surface area contributed by atoms with E-state index >= 15 is 0 Å². The van der Waals surface area contributed by atoms with Gasteiger partial charge in [0.25, 0.3) is 0 Å². The van der Waals surface area contributed by atoms with Gasteiger partial charge < -0.3 is 0 Å². The second kappa shape index (κ2) is 3.08. The summed E-state index contributed by atoms with van der Waals surface area (Å²) in [6.45, 7) is 11.9. The molecule has 1 fully saturated rings. The van der Waals surface area contributed by atoms with Gasteiger partial charge in [0.2, 0.25) is 0 Å². The molecule has 64 valence electrons. The van der Waals surface area contributed by atoms with Gasteiger partial charge in [-0.15, -0.1) is 0 Å². The zero-order valence-corrected chi connectivity index (χ0v) is 8.52. The topological polar surface area (TPSA) is 0 Å². The first-order valence-electron chi connectivity index (χ1n) is 4.86. The van der Waals surface area contributed by atoms with Gasteiger partial charge in [0.1, 0.15) is 0 Å². The Labute approximate surface area is 71.4 Å². The maximum atomic E-state index is 2.40. The molecule has 1 aliphatic rings. The largest absolute Gasteiger partial charge is 0.0999 e. The summed E-state index contributed by atoms with van der Waals surface area (Å²) >= 11 is 0. The molecular weight excluding hydrogens is 132 g/mol. The molecule has 0 aliphatic heterocycles. The van der Waals surface area contributed by atoms with Crippen LogP contribution in [0.4, 0.5) is 0 Å². The van der Waals surface area contributed by atoms with E-state index in [-0.39, 0.29) is 0 Å². The molecule has 1 saturated carbocycles. The minimum atomic E-state index is 0.848. The van der Waals surface area contributed by atoms with E-state index in [0.29, 0.717) is 0 Å². The molecular formula is C11H21+. The first-order chi connectivity index (χ1) is 5.04. The van der Waals surface area contributed by atoms with Crippen LogP contribution in [0.5, 0.6) is 0 Å². The Hall–Kier alpha value is -0.130. The van der Waals surface area contributed by atoms with E-state index in [4.69, 9.17) is 0 Å². The van der Waals surface area contributed by atoms with Crippen molar-refractivity contribution in [2.24, 2.45) is 23.7 Å². The van der Waals surface area contributed by atoms with Crippen molar-refractivity contribution in [1.82, 2.24) is 0 Å². The normalized spacial score (nSPS) is 46.1. The lowest BCUT2D eigenvalue weighted by Gasteiger charge is -2.34. The molecule has 4 atom stereocenters. The molecule has 0 aromatic heterocycles. The Morgan fingerprint density at radius 3 is 2.09 bits per heavy atom. The number of hydrogen-bond donors (Lipinski definition) is 0. The third-order valence-corrected chi connectivity index (χ3v) is 3.94. The van der Waals surface area contributed by atoms with Crippen molar-refractivity contribution in [3.63, 3.8) is 0 Å². The molecule has 1 aliphatic carbocycles. The van der Waals surface area contributed by atoms with Crippen LogP contribution in [0.2, 0.25) is 0 Å². The predicted molar refractivity (Wildman–Crippen MR) is 50.2 cm³/mol. The molecule has 11 heavy (non-hydrogen) atoms. The van der Waals surface area contributed by atoms with Crippen LogP contribution in [0.3, 0.4) is 0 Å². The minimum Gasteiger partial charge on any atom is -0.0617 e. The Balaban J connectivity index is 2.63. The second-order valence-electron chi connectivity index (χ2n) is 4.53. The maximum Gasteiger partial charge on any atom is 0.0999 e. The summed E-state index contributed by atoms with van der Waals surface area (Å²) in [7, 11) is 0. The van der Waals surface area contributed by atoms with E-state index in [1.54, 1.807) is 5.92 Å². The van der Waals surface area contributed by atoms with Crippen LogP contribution in [0.1, 0.15) is 41.0 Å². The molecule has 0 amide bonds. The van der Waals surface area contributed by atoms with E-state index in [0.717, 1.165) is 23.7 Å². The standard InChI is InChI=1S/C11H21/c1-7-6-8(2)10(4)11(5)9(7)3/h7,9-11H,6H2,1-5H3/q+1. The molecule has 0 saturated heterocycles. The summed E-state index contributed by atoms with van der Waals surface area (Å²) < 4.78 is 0. The monoisotopic (exact) mass is 153 g/mol. The van der Waals surface area contributed by atoms with Crippen molar-refractivity contribution in [2.45, 2.75) is 41.0 Å². The van der Waals surface area contributed by atoms with Gasteiger partial charge in [-0.05, 0) is 18.8 Å². The molecule has 0 heterocycles. The van der Waals surface area contributed by atoms with Gasteiger partial charge >= 0.3 is 0 Å². The van der Waals surface area contributed by atoms with Crippen LogP contribution in [0, 0.1) is 29.6 Å². The highest BCUT2D eigenvalue weighted by atomic mass is 14.4. The summed E-state index contributed by atoms with van der Waals surface area (Å²) in [5, 5.41) is 0. The molecule has 1 rings (SSSR count). The summed E-state index contributed by atoms with van der Waals surface area (Å²) in [6, 6.07) is 0. The lowest BCUT2D eigenvalue weighted by Crippen LogP contribution is -2.32. The molecule has 0 bridgehead atoms. The van der Waals surface area contributed by atoms with Crippen LogP contribution in [-0.4, -0.2) is 0 Å². The highest BCUT2D eigenvalue weighted by Crippen LogP contribution is 2.42. The first kappa shape index (κ1) is 8.96. The fraction of sp³-hybridized carbons (Fsp3) is 0.909.